The Bertz CT molecular complexity index is 1500. The number of aliphatic imine (C=N–C) groups is 1. The number of carboxylic acid groups (broad SMARTS) is 1. The van der Waals surface area contributed by atoms with E-state index in [1.54, 1.807) is 12.0 Å². The molecular weight excluding hydrogens is 552 g/mol. The highest BCUT2D eigenvalue weighted by molar-refractivity contribution is 7.09. The van der Waals surface area contributed by atoms with Gasteiger partial charge in [-0.2, -0.15) is 17.6 Å². The molecule has 40 heavy (non-hydrogen) atoms. The number of anilines is 2. The van der Waals surface area contributed by atoms with Gasteiger partial charge in [-0.3, -0.25) is 4.90 Å². The van der Waals surface area contributed by atoms with Crippen molar-refractivity contribution in [1.29, 1.82) is 0 Å². The number of carboxylic acids is 1. The van der Waals surface area contributed by atoms with Gasteiger partial charge in [-0.25, -0.2) is 9.79 Å². The van der Waals surface area contributed by atoms with Crippen molar-refractivity contribution in [3.8, 4) is 11.5 Å². The predicted molar refractivity (Wildman–Crippen MR) is 144 cm³/mol. The van der Waals surface area contributed by atoms with Crippen LogP contribution in [-0.2, 0) is 11.0 Å². The molecule has 0 saturated carbocycles. The molecule has 0 bridgehead atoms. The summed E-state index contributed by atoms with van der Waals surface area (Å²) in [6, 6.07) is 10.5. The molecule has 0 atom stereocenters. The van der Waals surface area contributed by atoms with Crippen molar-refractivity contribution in [3.05, 3.63) is 70.2 Å². The van der Waals surface area contributed by atoms with E-state index in [1.165, 1.54) is 23.5 Å². The Kier molecular flexibility index (Phi) is 7.32. The van der Waals surface area contributed by atoms with Crippen molar-refractivity contribution in [2.75, 3.05) is 50.2 Å². The van der Waals surface area contributed by atoms with Gasteiger partial charge in [0, 0.05) is 55.0 Å². The largest absolute Gasteiger partial charge is 0.497 e. The van der Waals surface area contributed by atoms with Crippen LogP contribution in [0.5, 0.6) is 11.5 Å². The van der Waals surface area contributed by atoms with E-state index in [4.69, 9.17) is 9.47 Å². The second-order valence-electron chi connectivity index (χ2n) is 8.95. The molecule has 1 fully saturated rings. The van der Waals surface area contributed by atoms with Crippen LogP contribution in [0.25, 0.3) is 5.70 Å². The maximum atomic E-state index is 14.8. The molecule has 3 aromatic rings. The fourth-order valence-corrected chi connectivity index (χ4v) is 5.43. The zero-order chi connectivity index (χ0) is 28.6. The number of benzene rings is 2. The maximum absolute atomic E-state index is 14.8. The lowest BCUT2D eigenvalue weighted by atomic mass is 10.1. The van der Waals surface area contributed by atoms with Gasteiger partial charge >= 0.3 is 12.1 Å². The van der Waals surface area contributed by atoms with Crippen LogP contribution < -0.4 is 19.3 Å². The molecule has 0 radical (unpaired) electrons. The predicted octanol–water partition coefficient (Wildman–Crippen LogP) is 5.68. The molecule has 2 aliphatic rings. The third-order valence-corrected chi connectivity index (χ3v) is 7.39. The highest BCUT2D eigenvalue weighted by Crippen LogP contribution is 2.46. The summed E-state index contributed by atoms with van der Waals surface area (Å²) in [4.78, 5) is 21.6. The van der Waals surface area contributed by atoms with Gasteiger partial charge in [0.15, 0.2) is 0 Å². The molecule has 1 N–H and O–H groups in total. The quantitative estimate of drug-likeness (QED) is 0.310. The number of alkyl halides is 3. The Hall–Kier alpha value is -4.26. The summed E-state index contributed by atoms with van der Waals surface area (Å²) in [6.45, 7) is 1.76. The first-order valence-corrected chi connectivity index (χ1v) is 13.0. The van der Waals surface area contributed by atoms with Crippen molar-refractivity contribution in [1.82, 2.24) is 4.90 Å². The Morgan fingerprint density at radius 3 is 2.42 bits per heavy atom. The van der Waals surface area contributed by atoms with Crippen LogP contribution in [0.1, 0.15) is 11.1 Å². The van der Waals surface area contributed by atoms with Crippen molar-refractivity contribution in [2.45, 2.75) is 6.18 Å². The van der Waals surface area contributed by atoms with Crippen LogP contribution in [0.15, 0.2) is 58.9 Å². The first-order chi connectivity index (χ1) is 19.1. The highest BCUT2D eigenvalue weighted by atomic mass is 32.1. The number of hydrogen-bond donors (Lipinski definition) is 1. The second-order valence-corrected chi connectivity index (χ2v) is 9.78. The molecule has 210 valence electrons. The number of halogens is 4. The fourth-order valence-electron chi connectivity index (χ4n) is 4.71. The minimum absolute atomic E-state index is 0.0273. The van der Waals surface area contributed by atoms with Crippen molar-refractivity contribution >= 4 is 46.0 Å². The van der Waals surface area contributed by atoms with Crippen molar-refractivity contribution < 1.29 is 36.9 Å². The number of methoxy groups -OCH3 is 2. The molecule has 0 spiro atoms. The number of fused-ring (bicyclic) bond motifs is 1. The van der Waals surface area contributed by atoms with E-state index in [2.05, 4.69) is 9.89 Å². The molecule has 0 amide bonds. The van der Waals surface area contributed by atoms with Crippen LogP contribution in [0, 0.1) is 5.13 Å². The Morgan fingerprint density at radius 1 is 1.05 bits per heavy atom. The summed E-state index contributed by atoms with van der Waals surface area (Å²) in [5.41, 5.74) is -0.0364. The molecule has 2 aliphatic heterocycles. The maximum Gasteiger partial charge on any atom is 0.416 e. The van der Waals surface area contributed by atoms with E-state index in [-0.39, 0.29) is 34.3 Å². The van der Waals surface area contributed by atoms with Crippen molar-refractivity contribution in [3.63, 3.8) is 0 Å². The first-order valence-electron chi connectivity index (χ1n) is 12.1. The SMILES string of the molecule is COc1cccc(N2CCN(C3=Nc4c(csc4F)/C(=C\C(=O)O)N3c3cc(C(F)(F)F)ccc3OC)CC2)c1. The summed E-state index contributed by atoms with van der Waals surface area (Å²) < 4.78 is 66.8. The first kappa shape index (κ1) is 27.3. The Balaban J connectivity index is 1.60. The normalized spacial score (nSPS) is 16.6. The zero-order valence-corrected chi connectivity index (χ0v) is 22.2. The third kappa shape index (κ3) is 5.16. The van der Waals surface area contributed by atoms with Gasteiger partial charge in [-0.05, 0) is 30.3 Å². The number of nitrogens with zero attached hydrogens (tertiary/aromatic N) is 4. The average Bonchev–Trinajstić information content (AvgIpc) is 3.32. The number of guanidine groups is 1. The molecule has 5 rings (SSSR count). The summed E-state index contributed by atoms with van der Waals surface area (Å²) in [5, 5.41) is 10.5. The minimum Gasteiger partial charge on any atom is -0.497 e. The summed E-state index contributed by atoms with van der Waals surface area (Å²) in [7, 11) is 2.88. The lowest BCUT2D eigenvalue weighted by Gasteiger charge is -2.42. The molecule has 2 aromatic carbocycles. The van der Waals surface area contributed by atoms with Gasteiger partial charge < -0.3 is 24.4 Å². The minimum atomic E-state index is -4.67. The molecule has 3 heterocycles. The summed E-state index contributed by atoms with van der Waals surface area (Å²) in [5.74, 6) is -0.498. The van der Waals surface area contributed by atoms with Crippen LogP contribution in [0.4, 0.5) is 34.6 Å². The van der Waals surface area contributed by atoms with E-state index in [1.807, 2.05) is 24.3 Å². The number of piperazine rings is 1. The monoisotopic (exact) mass is 576 g/mol. The molecule has 1 saturated heterocycles. The molecule has 13 heteroatoms. The number of ether oxygens (including phenoxy) is 2. The van der Waals surface area contributed by atoms with Gasteiger partial charge in [0.05, 0.1) is 31.2 Å². The Morgan fingerprint density at radius 2 is 1.77 bits per heavy atom. The zero-order valence-electron chi connectivity index (χ0n) is 21.4. The van der Waals surface area contributed by atoms with E-state index >= 15 is 0 Å². The van der Waals surface area contributed by atoms with E-state index in [9.17, 15) is 27.5 Å². The number of thiophene rings is 1. The van der Waals surface area contributed by atoms with E-state index in [0.29, 0.717) is 31.9 Å². The van der Waals surface area contributed by atoms with Crippen LogP contribution >= 0.6 is 11.3 Å². The van der Waals surface area contributed by atoms with Gasteiger partial charge in [0.2, 0.25) is 11.1 Å². The van der Waals surface area contributed by atoms with Crippen molar-refractivity contribution in [2.24, 2.45) is 4.99 Å². The molecule has 0 aliphatic carbocycles. The number of carbonyl (C=O) groups is 1. The van der Waals surface area contributed by atoms with Gasteiger partial charge in [0.1, 0.15) is 17.2 Å². The lowest BCUT2D eigenvalue weighted by Crippen LogP contribution is -2.54. The number of aliphatic carboxylic acids is 1. The number of rotatable bonds is 5. The topological polar surface area (TPSA) is 77.8 Å². The molecular formula is C27H24F4N4O4S. The smallest absolute Gasteiger partial charge is 0.416 e. The highest BCUT2D eigenvalue weighted by Gasteiger charge is 2.38. The molecule has 0 unspecified atom stereocenters. The number of hydrogen-bond acceptors (Lipinski definition) is 8. The molecule has 8 nitrogen and oxygen atoms in total. The third-order valence-electron chi connectivity index (χ3n) is 6.64. The lowest BCUT2D eigenvalue weighted by molar-refractivity contribution is -0.137. The Labute approximate surface area is 231 Å². The van der Waals surface area contributed by atoms with Gasteiger partial charge in [-0.1, -0.05) is 6.07 Å². The second kappa shape index (κ2) is 10.7. The fraction of sp³-hybridized carbons (Fsp3) is 0.259. The van der Waals surface area contributed by atoms with Crippen LogP contribution in [0.2, 0.25) is 0 Å². The van der Waals surface area contributed by atoms with Crippen LogP contribution in [-0.4, -0.2) is 62.3 Å². The molecule has 1 aromatic heterocycles. The summed E-state index contributed by atoms with van der Waals surface area (Å²) >= 11 is 0.731. The summed E-state index contributed by atoms with van der Waals surface area (Å²) in [6.07, 6.45) is -3.83. The van der Waals surface area contributed by atoms with Gasteiger partial charge in [-0.15, -0.1) is 11.3 Å². The van der Waals surface area contributed by atoms with Crippen LogP contribution in [0.3, 0.4) is 0 Å². The van der Waals surface area contributed by atoms with Gasteiger partial charge in [0.25, 0.3) is 0 Å². The van der Waals surface area contributed by atoms with E-state index < -0.39 is 22.8 Å². The average molecular weight is 577 g/mol. The standard InChI is InChI=1S/C27H24F4N4O4S/c1-38-18-5-3-4-17(13-18)33-8-10-34(11-9-33)26-32-24-19(15-40-25(24)28)20(14-23(36)37)35(26)21-12-16(27(29,30)31)6-7-22(21)39-2/h3-7,12-15H,8-11H2,1-2H3,(H,36,37)/b20-14+. The van der Waals surface area contributed by atoms with E-state index in [0.717, 1.165) is 35.2 Å².